The van der Waals surface area contributed by atoms with Gasteiger partial charge in [0.15, 0.2) is 5.79 Å². The van der Waals surface area contributed by atoms with Crippen LogP contribution in [-0.2, 0) is 24.8 Å². The van der Waals surface area contributed by atoms with Gasteiger partial charge in [0, 0.05) is 5.56 Å². The van der Waals surface area contributed by atoms with Gasteiger partial charge in [-0.1, -0.05) is 37.3 Å². The van der Waals surface area contributed by atoms with Crippen molar-refractivity contribution in [3.05, 3.63) is 35.9 Å². The summed E-state index contributed by atoms with van der Waals surface area (Å²) in [5, 5.41) is 0. The fourth-order valence-electron chi connectivity index (χ4n) is 2.12. The van der Waals surface area contributed by atoms with E-state index >= 15 is 0 Å². The van der Waals surface area contributed by atoms with Crippen LogP contribution in [0.2, 0.25) is 0 Å². The van der Waals surface area contributed by atoms with Gasteiger partial charge in [0.05, 0.1) is 12.0 Å². The van der Waals surface area contributed by atoms with Gasteiger partial charge in [-0.2, -0.15) is 0 Å². The Morgan fingerprint density at radius 3 is 2.67 bits per heavy atom. The lowest BCUT2D eigenvalue weighted by Gasteiger charge is -2.24. The smallest absolute Gasteiger partial charge is 0.311 e. The molecule has 0 aliphatic carbocycles. The number of esters is 1. The molecule has 21 heavy (non-hydrogen) atoms. The van der Waals surface area contributed by atoms with Crippen LogP contribution in [0.25, 0.3) is 0 Å². The summed E-state index contributed by atoms with van der Waals surface area (Å²) in [5.41, 5.74) is 0.509. The Morgan fingerprint density at radius 1 is 1.38 bits per heavy atom. The van der Waals surface area contributed by atoms with Crippen molar-refractivity contribution in [2.45, 2.75) is 46.0 Å². The van der Waals surface area contributed by atoms with Crippen LogP contribution in [0.1, 0.15) is 39.7 Å². The largest absolute Gasteiger partial charge is 0.462 e. The molecule has 0 aromatic heterocycles. The van der Waals surface area contributed by atoms with Crippen molar-refractivity contribution < 1.29 is 19.0 Å². The normalized spacial score (nSPS) is 25.8. The lowest BCUT2D eigenvalue weighted by molar-refractivity contribution is -0.175. The molecular weight excluding hydrogens is 268 g/mol. The number of carbonyl (C=O) groups excluding carboxylic acids is 1. The first kappa shape index (κ1) is 16.0. The Morgan fingerprint density at radius 2 is 2.05 bits per heavy atom. The molecule has 4 heteroatoms. The quantitative estimate of drug-likeness (QED) is 0.781. The third-order valence-corrected chi connectivity index (χ3v) is 4.07. The Balaban J connectivity index is 1.90. The Labute approximate surface area is 126 Å². The van der Waals surface area contributed by atoms with Crippen LogP contribution in [0.4, 0.5) is 0 Å². The van der Waals surface area contributed by atoms with Gasteiger partial charge in [0.2, 0.25) is 0 Å². The van der Waals surface area contributed by atoms with Crippen molar-refractivity contribution in [2.75, 3.05) is 13.2 Å². The lowest BCUT2D eigenvalue weighted by Crippen LogP contribution is -2.31. The van der Waals surface area contributed by atoms with Gasteiger partial charge in [-0.05, 0) is 27.2 Å². The summed E-state index contributed by atoms with van der Waals surface area (Å²) in [5.74, 6) is -0.958. The Hall–Kier alpha value is -1.39. The maximum absolute atomic E-state index is 12.0. The van der Waals surface area contributed by atoms with Gasteiger partial charge in [-0.3, -0.25) is 4.79 Å². The van der Waals surface area contributed by atoms with Gasteiger partial charge in [-0.15, -0.1) is 0 Å². The first-order chi connectivity index (χ1) is 9.87. The van der Waals surface area contributed by atoms with Crippen LogP contribution in [-0.4, -0.2) is 25.3 Å². The van der Waals surface area contributed by atoms with Crippen LogP contribution in [0.3, 0.4) is 0 Å². The lowest BCUT2D eigenvalue weighted by atomic mass is 9.91. The maximum Gasteiger partial charge on any atom is 0.311 e. The van der Waals surface area contributed by atoms with Crippen molar-refractivity contribution in [2.24, 2.45) is 5.41 Å². The number of rotatable bonds is 5. The molecule has 4 nitrogen and oxygen atoms in total. The van der Waals surface area contributed by atoms with Gasteiger partial charge in [0.1, 0.15) is 12.7 Å². The van der Waals surface area contributed by atoms with Gasteiger partial charge in [0.25, 0.3) is 0 Å². The SMILES string of the molecule is CCC(C)(C)C(=O)OCC1COC(C)(c2ccccc2)O1. The van der Waals surface area contributed by atoms with E-state index in [-0.39, 0.29) is 18.7 Å². The highest BCUT2D eigenvalue weighted by molar-refractivity contribution is 5.75. The monoisotopic (exact) mass is 292 g/mol. The van der Waals surface area contributed by atoms with Crippen molar-refractivity contribution in [3.8, 4) is 0 Å². The summed E-state index contributed by atoms with van der Waals surface area (Å²) >= 11 is 0. The zero-order chi connectivity index (χ0) is 15.5. The molecule has 1 aliphatic rings. The molecule has 1 fully saturated rings. The van der Waals surface area contributed by atoms with Crippen molar-refractivity contribution in [3.63, 3.8) is 0 Å². The minimum atomic E-state index is -0.765. The molecule has 1 aromatic carbocycles. The molecule has 2 unspecified atom stereocenters. The number of ether oxygens (including phenoxy) is 3. The highest BCUT2D eigenvalue weighted by atomic mass is 16.7. The van der Waals surface area contributed by atoms with Crippen molar-refractivity contribution >= 4 is 5.97 Å². The molecule has 0 N–H and O–H groups in total. The van der Waals surface area contributed by atoms with Crippen LogP contribution < -0.4 is 0 Å². The van der Waals surface area contributed by atoms with E-state index in [9.17, 15) is 4.79 Å². The van der Waals surface area contributed by atoms with Gasteiger partial charge in [-0.25, -0.2) is 0 Å². The number of hydrogen-bond donors (Lipinski definition) is 0. The van der Waals surface area contributed by atoms with Gasteiger partial charge >= 0.3 is 5.97 Å². The molecule has 1 aromatic rings. The van der Waals surface area contributed by atoms with Crippen LogP contribution >= 0.6 is 0 Å². The Bertz CT molecular complexity index is 483. The minimum absolute atomic E-state index is 0.193. The van der Waals surface area contributed by atoms with Crippen LogP contribution in [0.5, 0.6) is 0 Å². The third-order valence-electron chi connectivity index (χ3n) is 4.07. The number of carbonyl (C=O) groups is 1. The number of hydrogen-bond acceptors (Lipinski definition) is 4. The minimum Gasteiger partial charge on any atom is -0.462 e. The summed E-state index contributed by atoms with van der Waals surface area (Å²) in [6.07, 6.45) is 0.516. The average molecular weight is 292 g/mol. The number of benzene rings is 1. The molecule has 2 atom stereocenters. The predicted molar refractivity (Wildman–Crippen MR) is 79.7 cm³/mol. The average Bonchev–Trinajstić information content (AvgIpc) is 2.88. The molecule has 0 bridgehead atoms. The molecule has 0 saturated carbocycles. The Kier molecular flexibility index (Phi) is 4.69. The highest BCUT2D eigenvalue weighted by Crippen LogP contribution is 2.34. The van der Waals surface area contributed by atoms with Crippen molar-refractivity contribution in [1.82, 2.24) is 0 Å². The van der Waals surface area contributed by atoms with E-state index in [1.54, 1.807) is 0 Å². The topological polar surface area (TPSA) is 44.8 Å². The zero-order valence-electron chi connectivity index (χ0n) is 13.2. The molecule has 2 rings (SSSR count). The van der Waals surface area contributed by atoms with Gasteiger partial charge < -0.3 is 14.2 Å². The second-order valence-electron chi connectivity index (χ2n) is 6.20. The summed E-state index contributed by atoms with van der Waals surface area (Å²) in [6.45, 7) is 8.28. The molecule has 116 valence electrons. The van der Waals surface area contributed by atoms with Crippen molar-refractivity contribution in [1.29, 1.82) is 0 Å². The standard InChI is InChI=1S/C17H24O4/c1-5-16(2,3)15(18)19-11-14-12-20-17(4,21-14)13-9-7-6-8-10-13/h6-10,14H,5,11-12H2,1-4H3. The molecular formula is C17H24O4. The summed E-state index contributed by atoms with van der Waals surface area (Å²) < 4.78 is 17.1. The summed E-state index contributed by atoms with van der Waals surface area (Å²) in [6, 6.07) is 9.78. The fourth-order valence-corrected chi connectivity index (χ4v) is 2.12. The molecule has 0 radical (unpaired) electrons. The maximum atomic E-state index is 12.0. The first-order valence-corrected chi connectivity index (χ1v) is 7.42. The van der Waals surface area contributed by atoms with E-state index in [1.165, 1.54) is 0 Å². The molecule has 1 heterocycles. The molecule has 1 aliphatic heterocycles. The molecule has 0 spiro atoms. The second kappa shape index (κ2) is 6.16. The summed E-state index contributed by atoms with van der Waals surface area (Å²) in [4.78, 5) is 12.0. The van der Waals surface area contributed by atoms with E-state index in [2.05, 4.69) is 0 Å². The second-order valence-corrected chi connectivity index (χ2v) is 6.20. The first-order valence-electron chi connectivity index (χ1n) is 7.42. The molecule has 0 amide bonds. The summed E-state index contributed by atoms with van der Waals surface area (Å²) in [7, 11) is 0. The fraction of sp³-hybridized carbons (Fsp3) is 0.588. The van der Waals surface area contributed by atoms with E-state index in [4.69, 9.17) is 14.2 Å². The van der Waals surface area contributed by atoms with E-state index in [1.807, 2.05) is 58.0 Å². The predicted octanol–water partition coefficient (Wildman–Crippen LogP) is 3.25. The third kappa shape index (κ3) is 3.63. The molecule has 1 saturated heterocycles. The van der Waals surface area contributed by atoms with E-state index in [0.29, 0.717) is 6.61 Å². The zero-order valence-corrected chi connectivity index (χ0v) is 13.2. The highest BCUT2D eigenvalue weighted by Gasteiger charge is 2.39. The van der Waals surface area contributed by atoms with Crippen LogP contribution in [0, 0.1) is 5.41 Å². The van der Waals surface area contributed by atoms with E-state index in [0.717, 1.165) is 12.0 Å². The van der Waals surface area contributed by atoms with Crippen LogP contribution in [0.15, 0.2) is 30.3 Å². The van der Waals surface area contributed by atoms with E-state index < -0.39 is 11.2 Å².